The van der Waals surface area contributed by atoms with Gasteiger partial charge in [0.1, 0.15) is 22.3 Å². The highest BCUT2D eigenvalue weighted by molar-refractivity contribution is 7.16. The molecule has 202 valence electrons. The minimum absolute atomic E-state index is 0.000578. The number of halogens is 7. The second kappa shape index (κ2) is 9.08. The topological polar surface area (TPSA) is 114 Å². The van der Waals surface area contributed by atoms with Gasteiger partial charge in [-0.25, -0.2) is 4.68 Å². The van der Waals surface area contributed by atoms with E-state index in [-0.39, 0.29) is 21.0 Å². The standard InChI is InChI=1S/C20H15F7N8O2S/c1-29-18(4-5-18)33(2)16(36)9-6-11(38-12(9)7-28)10-8-35(32-30-10)15-13(37-17(21)22)14(31-34(15)3)19(23,24)20(25,26)27/h6,8,17H,1,4-5H2,2-3H3. The Bertz CT molecular complexity index is 1450. The molecule has 3 heterocycles. The number of amides is 1. The zero-order valence-electron chi connectivity index (χ0n) is 19.3. The molecule has 1 aliphatic carbocycles. The molecule has 3 aromatic rings. The van der Waals surface area contributed by atoms with Crippen LogP contribution in [0, 0.1) is 11.3 Å². The highest BCUT2D eigenvalue weighted by Crippen LogP contribution is 2.48. The minimum atomic E-state index is -6.16. The van der Waals surface area contributed by atoms with Crippen LogP contribution >= 0.6 is 11.3 Å². The van der Waals surface area contributed by atoms with E-state index in [1.807, 2.05) is 6.07 Å². The molecule has 0 saturated heterocycles. The Morgan fingerprint density at radius 2 is 2.00 bits per heavy atom. The van der Waals surface area contributed by atoms with Crippen LogP contribution in [0.2, 0.25) is 0 Å². The van der Waals surface area contributed by atoms with Gasteiger partial charge in [0.15, 0.2) is 17.3 Å². The maximum Gasteiger partial charge on any atom is 0.459 e. The summed E-state index contributed by atoms with van der Waals surface area (Å²) in [4.78, 5) is 18.5. The van der Waals surface area contributed by atoms with Crippen molar-refractivity contribution in [2.24, 2.45) is 12.0 Å². The van der Waals surface area contributed by atoms with E-state index in [1.54, 1.807) is 0 Å². The number of ether oxygens (including phenoxy) is 1. The molecule has 0 bridgehead atoms. The van der Waals surface area contributed by atoms with Gasteiger partial charge in [-0.3, -0.25) is 9.79 Å². The molecule has 0 spiro atoms. The van der Waals surface area contributed by atoms with Crippen molar-refractivity contribution in [3.05, 3.63) is 28.4 Å². The lowest BCUT2D eigenvalue weighted by molar-refractivity contribution is -0.291. The SMILES string of the molecule is C=NC1(N(C)C(=O)c2cc(-c3cn(-c4c(OC(F)F)c(C(F)(F)C(F)(F)F)nn4C)nn3)sc2C#N)CC1. The molecule has 1 aliphatic rings. The van der Waals surface area contributed by atoms with Crippen LogP contribution in [0.1, 0.15) is 33.8 Å². The van der Waals surface area contributed by atoms with Crippen molar-refractivity contribution in [2.75, 3.05) is 7.05 Å². The highest BCUT2D eigenvalue weighted by atomic mass is 32.1. The van der Waals surface area contributed by atoms with Crippen LogP contribution in [0.4, 0.5) is 30.7 Å². The maximum atomic E-state index is 14.0. The molecule has 0 unspecified atom stereocenters. The van der Waals surface area contributed by atoms with Gasteiger partial charge in [-0.2, -0.15) is 45.8 Å². The van der Waals surface area contributed by atoms with E-state index in [2.05, 4.69) is 31.9 Å². The molecule has 0 aromatic carbocycles. The predicted molar refractivity (Wildman–Crippen MR) is 116 cm³/mol. The number of nitrogens with zero attached hydrogens (tertiary/aromatic N) is 8. The van der Waals surface area contributed by atoms with Gasteiger partial charge in [0.25, 0.3) is 5.91 Å². The zero-order valence-corrected chi connectivity index (χ0v) is 20.1. The molecule has 0 N–H and O–H groups in total. The molecule has 38 heavy (non-hydrogen) atoms. The van der Waals surface area contributed by atoms with Crippen molar-refractivity contribution in [3.63, 3.8) is 0 Å². The third-order valence-electron chi connectivity index (χ3n) is 5.78. The Labute approximate surface area is 212 Å². The number of thiophene rings is 1. The molecule has 18 heteroatoms. The summed E-state index contributed by atoms with van der Waals surface area (Å²) in [6.45, 7) is -0.293. The van der Waals surface area contributed by atoms with Gasteiger partial charge in [-0.1, -0.05) is 5.21 Å². The Balaban J connectivity index is 1.75. The van der Waals surface area contributed by atoms with Crippen molar-refractivity contribution in [3.8, 4) is 28.2 Å². The number of aromatic nitrogens is 5. The third-order valence-corrected chi connectivity index (χ3v) is 6.84. The first-order chi connectivity index (χ1) is 17.7. The molecule has 3 aromatic heterocycles. The van der Waals surface area contributed by atoms with Crippen molar-refractivity contribution in [1.29, 1.82) is 5.26 Å². The summed E-state index contributed by atoms with van der Waals surface area (Å²) < 4.78 is 98.0. The van der Waals surface area contributed by atoms with Gasteiger partial charge in [-0.15, -0.1) is 16.4 Å². The summed E-state index contributed by atoms with van der Waals surface area (Å²) >= 11 is 0.824. The Hall–Kier alpha value is -4.01. The van der Waals surface area contributed by atoms with Gasteiger partial charge in [0, 0.05) is 14.1 Å². The number of carbonyl (C=O) groups is 1. The van der Waals surface area contributed by atoms with E-state index in [4.69, 9.17) is 0 Å². The third kappa shape index (κ3) is 4.36. The van der Waals surface area contributed by atoms with Crippen molar-refractivity contribution < 1.29 is 40.3 Å². The van der Waals surface area contributed by atoms with E-state index in [0.717, 1.165) is 24.6 Å². The van der Waals surface area contributed by atoms with Crippen LogP contribution in [-0.2, 0) is 13.0 Å². The Kier molecular flexibility index (Phi) is 6.46. The first-order valence-corrected chi connectivity index (χ1v) is 11.2. The quantitative estimate of drug-likeness (QED) is 0.301. The summed E-state index contributed by atoms with van der Waals surface area (Å²) in [5.41, 5.74) is -2.91. The van der Waals surface area contributed by atoms with E-state index in [0.29, 0.717) is 22.2 Å². The fourth-order valence-corrected chi connectivity index (χ4v) is 4.50. The van der Waals surface area contributed by atoms with E-state index in [9.17, 15) is 40.8 Å². The summed E-state index contributed by atoms with van der Waals surface area (Å²) in [6.07, 6.45) is -3.97. The highest BCUT2D eigenvalue weighted by Gasteiger charge is 2.62. The molecule has 0 radical (unpaired) electrons. The maximum absolute atomic E-state index is 14.0. The van der Waals surface area contributed by atoms with Crippen LogP contribution in [0.25, 0.3) is 16.4 Å². The molecule has 1 fully saturated rings. The van der Waals surface area contributed by atoms with Gasteiger partial charge < -0.3 is 9.64 Å². The molecular weight excluding hydrogens is 549 g/mol. The lowest BCUT2D eigenvalue weighted by Gasteiger charge is -2.24. The van der Waals surface area contributed by atoms with E-state index in [1.165, 1.54) is 18.0 Å². The number of alkyl halides is 7. The minimum Gasteiger partial charge on any atom is -0.428 e. The van der Waals surface area contributed by atoms with Crippen molar-refractivity contribution in [2.45, 2.75) is 37.2 Å². The van der Waals surface area contributed by atoms with Gasteiger partial charge >= 0.3 is 18.7 Å². The van der Waals surface area contributed by atoms with Crippen molar-refractivity contribution >= 4 is 24.0 Å². The average Bonchev–Trinajstić information content (AvgIpc) is 3.14. The number of rotatable bonds is 8. The number of nitriles is 1. The van der Waals surface area contributed by atoms with Gasteiger partial charge in [0.05, 0.1) is 16.6 Å². The largest absolute Gasteiger partial charge is 0.459 e. The first-order valence-electron chi connectivity index (χ1n) is 10.4. The molecular formula is C20H15F7N8O2S. The fourth-order valence-electron chi connectivity index (χ4n) is 3.61. The summed E-state index contributed by atoms with van der Waals surface area (Å²) in [7, 11) is 2.41. The zero-order chi connectivity index (χ0) is 28.2. The van der Waals surface area contributed by atoms with E-state index < -0.39 is 47.5 Å². The smallest absolute Gasteiger partial charge is 0.428 e. The monoisotopic (exact) mass is 564 g/mol. The van der Waals surface area contributed by atoms with Crippen molar-refractivity contribution in [1.82, 2.24) is 29.7 Å². The molecule has 0 atom stereocenters. The molecule has 0 aliphatic heterocycles. The second-order valence-corrected chi connectivity index (χ2v) is 9.15. The first kappa shape index (κ1) is 27.0. The predicted octanol–water partition coefficient (Wildman–Crippen LogP) is 4.12. The van der Waals surface area contributed by atoms with Crippen LogP contribution < -0.4 is 4.74 Å². The van der Waals surface area contributed by atoms with Gasteiger partial charge in [-0.05, 0) is 25.6 Å². The molecule has 1 saturated carbocycles. The van der Waals surface area contributed by atoms with Crippen LogP contribution in [0.15, 0.2) is 17.3 Å². The number of carbonyl (C=O) groups excluding carboxylic acids is 1. The summed E-state index contributed by atoms with van der Waals surface area (Å²) in [5, 5.41) is 20.0. The van der Waals surface area contributed by atoms with Crippen LogP contribution in [0.3, 0.4) is 0 Å². The Morgan fingerprint density at radius 1 is 1.34 bits per heavy atom. The lowest BCUT2D eigenvalue weighted by Crippen LogP contribution is -2.37. The number of hydrogen-bond donors (Lipinski definition) is 0. The van der Waals surface area contributed by atoms with E-state index >= 15 is 0 Å². The molecule has 10 nitrogen and oxygen atoms in total. The fraction of sp³-hybridized carbons (Fsp3) is 0.400. The summed E-state index contributed by atoms with van der Waals surface area (Å²) in [5.74, 6) is -8.52. The number of hydrogen-bond acceptors (Lipinski definition) is 8. The van der Waals surface area contributed by atoms with Gasteiger partial charge in [0.2, 0.25) is 0 Å². The molecule has 1 amide bonds. The Morgan fingerprint density at radius 3 is 2.53 bits per heavy atom. The second-order valence-electron chi connectivity index (χ2n) is 8.09. The van der Waals surface area contributed by atoms with Crippen LogP contribution in [0.5, 0.6) is 5.75 Å². The average molecular weight is 564 g/mol. The normalized spacial score (nSPS) is 14.9. The number of aliphatic imine (C=N–C) groups is 1. The molecule has 4 rings (SSSR count). The summed E-state index contributed by atoms with van der Waals surface area (Å²) in [6, 6.07) is 3.20. The number of aryl methyl sites for hydroxylation is 1. The lowest BCUT2D eigenvalue weighted by atomic mass is 10.2. The van der Waals surface area contributed by atoms with Crippen LogP contribution in [-0.4, -0.2) is 67.8 Å².